The maximum absolute atomic E-state index is 12.1. The zero-order valence-electron chi connectivity index (χ0n) is 10.2. The zero-order chi connectivity index (χ0) is 14.1. The van der Waals surface area contributed by atoms with Crippen LogP contribution in [-0.4, -0.2) is 30.5 Å². The number of terminal acetylenes is 1. The highest BCUT2D eigenvalue weighted by Crippen LogP contribution is 2.23. The molecule has 0 aliphatic rings. The highest BCUT2D eigenvalue weighted by atomic mass is 32.2. The molecule has 1 unspecified atom stereocenters. The number of carbonyl (C=O) groups is 1. The Morgan fingerprint density at radius 3 is 2.44 bits per heavy atom. The Labute approximate surface area is 105 Å². The van der Waals surface area contributed by atoms with Gasteiger partial charge in [-0.2, -0.15) is 4.72 Å². The van der Waals surface area contributed by atoms with Gasteiger partial charge in [0.15, 0.2) is 0 Å². The van der Waals surface area contributed by atoms with Crippen molar-refractivity contribution >= 4 is 16.0 Å². The number of rotatable bonds is 4. The maximum Gasteiger partial charge on any atom is 0.352 e. The Hall–Kier alpha value is -1.78. The molecule has 0 aromatic carbocycles. The summed E-state index contributed by atoms with van der Waals surface area (Å²) in [6.07, 6.45) is 5.11. The molecule has 0 spiro atoms. The second kappa shape index (κ2) is 4.84. The summed E-state index contributed by atoms with van der Waals surface area (Å²) in [6, 6.07) is -0.669. The molecule has 1 rings (SSSR count). The molecular formula is C11H14N2O4S. The van der Waals surface area contributed by atoms with Crippen molar-refractivity contribution in [1.29, 1.82) is 0 Å². The van der Waals surface area contributed by atoms with Crippen molar-refractivity contribution in [1.82, 2.24) is 9.71 Å². The molecule has 98 valence electrons. The Balaban J connectivity index is 3.35. The maximum atomic E-state index is 12.1. The second-order valence-electron chi connectivity index (χ2n) is 3.89. The third-order valence-electron chi connectivity index (χ3n) is 2.43. The van der Waals surface area contributed by atoms with Crippen molar-refractivity contribution in [3.63, 3.8) is 0 Å². The van der Waals surface area contributed by atoms with Crippen molar-refractivity contribution in [2.75, 3.05) is 0 Å². The average Bonchev–Trinajstić information content (AvgIpc) is 2.53. The standard InChI is InChI=1S/C11H14N2O4S/c1-5-6(2)13-18(16,17)10-7(3)9(11(14)15)12-8(10)4/h1,6,12-13H,2-4H3,(H,14,15). The van der Waals surface area contributed by atoms with Crippen molar-refractivity contribution in [2.45, 2.75) is 31.7 Å². The van der Waals surface area contributed by atoms with E-state index in [1.807, 2.05) is 0 Å². The van der Waals surface area contributed by atoms with Crippen LogP contribution < -0.4 is 4.72 Å². The number of aryl methyl sites for hydroxylation is 1. The van der Waals surface area contributed by atoms with Gasteiger partial charge >= 0.3 is 5.97 Å². The number of hydrogen-bond donors (Lipinski definition) is 3. The van der Waals surface area contributed by atoms with Gasteiger partial charge in [0, 0.05) is 11.3 Å². The molecule has 1 atom stereocenters. The molecule has 1 aromatic heterocycles. The fourth-order valence-electron chi connectivity index (χ4n) is 1.68. The number of nitrogens with one attached hydrogen (secondary N) is 2. The van der Waals surface area contributed by atoms with Crippen LogP contribution in [0.4, 0.5) is 0 Å². The van der Waals surface area contributed by atoms with Crippen LogP contribution in [0, 0.1) is 26.2 Å². The van der Waals surface area contributed by atoms with E-state index in [-0.39, 0.29) is 21.8 Å². The lowest BCUT2D eigenvalue weighted by Gasteiger charge is -2.09. The molecule has 0 saturated carbocycles. The summed E-state index contributed by atoms with van der Waals surface area (Å²) in [5, 5.41) is 8.92. The fourth-order valence-corrected chi connectivity index (χ4v) is 3.29. The number of aromatic nitrogens is 1. The van der Waals surface area contributed by atoms with E-state index < -0.39 is 22.0 Å². The third-order valence-corrected chi connectivity index (χ3v) is 4.25. The number of aromatic amines is 1. The van der Waals surface area contributed by atoms with Crippen LogP contribution in [0.3, 0.4) is 0 Å². The molecule has 0 aliphatic heterocycles. The molecular weight excluding hydrogens is 256 g/mol. The summed E-state index contributed by atoms with van der Waals surface area (Å²) >= 11 is 0. The summed E-state index contributed by atoms with van der Waals surface area (Å²) < 4.78 is 26.4. The molecule has 1 heterocycles. The number of H-pyrrole nitrogens is 1. The average molecular weight is 270 g/mol. The first-order valence-corrected chi connectivity index (χ1v) is 6.60. The minimum absolute atomic E-state index is 0.0676. The Kier molecular flexibility index (Phi) is 3.84. The van der Waals surface area contributed by atoms with Crippen LogP contribution in [-0.2, 0) is 10.0 Å². The van der Waals surface area contributed by atoms with Gasteiger partial charge in [0.05, 0.1) is 6.04 Å². The number of carboxylic acid groups (broad SMARTS) is 1. The van der Waals surface area contributed by atoms with Crippen molar-refractivity contribution < 1.29 is 18.3 Å². The lowest BCUT2D eigenvalue weighted by atomic mass is 10.2. The van der Waals surface area contributed by atoms with Gasteiger partial charge in [-0.25, -0.2) is 13.2 Å². The molecule has 6 nitrogen and oxygen atoms in total. The van der Waals surface area contributed by atoms with Crippen LogP contribution in [0.15, 0.2) is 4.90 Å². The van der Waals surface area contributed by atoms with E-state index >= 15 is 0 Å². The first-order chi connectivity index (χ1) is 8.20. The quantitative estimate of drug-likeness (QED) is 0.699. The zero-order valence-corrected chi connectivity index (χ0v) is 11.1. The first kappa shape index (κ1) is 14.3. The van der Waals surface area contributed by atoms with Crippen molar-refractivity contribution in [2.24, 2.45) is 0 Å². The van der Waals surface area contributed by atoms with Crippen molar-refractivity contribution in [3.05, 3.63) is 17.0 Å². The van der Waals surface area contributed by atoms with E-state index in [2.05, 4.69) is 15.6 Å². The Morgan fingerprint density at radius 2 is 2.06 bits per heavy atom. The normalized spacial score (nSPS) is 13.0. The Bertz CT molecular complexity index is 622. The highest BCUT2D eigenvalue weighted by Gasteiger charge is 2.27. The van der Waals surface area contributed by atoms with Crippen LogP contribution in [0.1, 0.15) is 28.7 Å². The summed E-state index contributed by atoms with van der Waals surface area (Å²) in [5.74, 6) is 1.04. The highest BCUT2D eigenvalue weighted by molar-refractivity contribution is 7.89. The summed E-state index contributed by atoms with van der Waals surface area (Å²) in [7, 11) is -3.83. The van der Waals surface area contributed by atoms with Gasteiger partial charge in [0.2, 0.25) is 10.0 Å². The molecule has 0 bridgehead atoms. The topological polar surface area (TPSA) is 99.3 Å². The summed E-state index contributed by atoms with van der Waals surface area (Å²) in [4.78, 5) is 13.4. The minimum Gasteiger partial charge on any atom is -0.477 e. The van der Waals surface area contributed by atoms with Crippen LogP contribution in [0.2, 0.25) is 0 Å². The molecule has 7 heteroatoms. The number of sulfonamides is 1. The number of carboxylic acids is 1. The third kappa shape index (κ3) is 2.55. The van der Waals surface area contributed by atoms with E-state index in [0.29, 0.717) is 0 Å². The van der Waals surface area contributed by atoms with Crippen LogP contribution >= 0.6 is 0 Å². The number of aromatic carboxylic acids is 1. The van der Waals surface area contributed by atoms with Gasteiger partial charge in [-0.15, -0.1) is 6.42 Å². The van der Waals surface area contributed by atoms with E-state index in [1.54, 1.807) is 0 Å². The van der Waals surface area contributed by atoms with Crippen LogP contribution in [0.25, 0.3) is 0 Å². The lowest BCUT2D eigenvalue weighted by molar-refractivity contribution is 0.0690. The number of hydrogen-bond acceptors (Lipinski definition) is 3. The molecule has 0 aliphatic carbocycles. The second-order valence-corrected chi connectivity index (χ2v) is 5.54. The SMILES string of the molecule is C#CC(C)NS(=O)(=O)c1c(C)[nH]c(C(=O)O)c1C. The van der Waals surface area contributed by atoms with E-state index in [0.717, 1.165) is 0 Å². The van der Waals surface area contributed by atoms with Gasteiger partial charge in [-0.05, 0) is 20.8 Å². The molecule has 0 saturated heterocycles. The monoisotopic (exact) mass is 270 g/mol. The molecule has 18 heavy (non-hydrogen) atoms. The predicted molar refractivity (Wildman–Crippen MR) is 65.8 cm³/mol. The van der Waals surface area contributed by atoms with Crippen LogP contribution in [0.5, 0.6) is 0 Å². The molecule has 3 N–H and O–H groups in total. The molecule has 0 amide bonds. The largest absolute Gasteiger partial charge is 0.477 e. The summed E-state index contributed by atoms with van der Waals surface area (Å²) in [6.45, 7) is 4.45. The van der Waals surface area contributed by atoms with Crippen molar-refractivity contribution in [3.8, 4) is 12.3 Å². The van der Waals surface area contributed by atoms with Gasteiger partial charge < -0.3 is 10.1 Å². The summed E-state index contributed by atoms with van der Waals surface area (Å²) in [5.41, 5.74) is 0.291. The van der Waals surface area contributed by atoms with Gasteiger partial charge in [0.25, 0.3) is 0 Å². The smallest absolute Gasteiger partial charge is 0.352 e. The minimum atomic E-state index is -3.83. The van der Waals surface area contributed by atoms with E-state index in [9.17, 15) is 13.2 Å². The van der Waals surface area contributed by atoms with E-state index in [4.69, 9.17) is 11.5 Å². The lowest BCUT2D eigenvalue weighted by Crippen LogP contribution is -2.32. The Morgan fingerprint density at radius 1 is 1.50 bits per heavy atom. The van der Waals surface area contributed by atoms with Gasteiger partial charge in [-0.3, -0.25) is 0 Å². The van der Waals surface area contributed by atoms with E-state index in [1.165, 1.54) is 20.8 Å². The predicted octanol–water partition coefficient (Wildman–Crippen LogP) is 0.630. The van der Waals surface area contributed by atoms with Gasteiger partial charge in [-0.1, -0.05) is 5.92 Å². The molecule has 0 fully saturated rings. The van der Waals surface area contributed by atoms with Gasteiger partial charge in [0.1, 0.15) is 10.6 Å². The first-order valence-electron chi connectivity index (χ1n) is 5.11. The molecule has 1 aromatic rings. The fraction of sp³-hybridized carbons (Fsp3) is 0.364. The molecule has 0 radical (unpaired) electrons.